The number of aliphatic carboxylic acids is 1. The van der Waals surface area contributed by atoms with Crippen LogP contribution in [0.4, 0.5) is 0 Å². The van der Waals surface area contributed by atoms with E-state index in [-0.39, 0.29) is 25.2 Å². The smallest absolute Gasteiger partial charge is 0.311 e. The number of hydrogen-bond acceptors (Lipinski definition) is 4. The molecule has 2 aliphatic rings. The van der Waals surface area contributed by atoms with Crippen molar-refractivity contribution >= 4 is 11.9 Å². The van der Waals surface area contributed by atoms with Crippen LogP contribution in [-0.2, 0) is 14.3 Å². The van der Waals surface area contributed by atoms with E-state index in [9.17, 15) is 9.59 Å². The Morgan fingerprint density at radius 2 is 2.00 bits per heavy atom. The van der Waals surface area contributed by atoms with Gasteiger partial charge in [-0.3, -0.25) is 9.59 Å². The van der Waals surface area contributed by atoms with Gasteiger partial charge in [-0.25, -0.2) is 0 Å². The maximum atomic E-state index is 12.3. The molecule has 0 spiro atoms. The molecule has 0 radical (unpaired) electrons. The van der Waals surface area contributed by atoms with Crippen molar-refractivity contribution in [2.45, 2.75) is 43.7 Å². The van der Waals surface area contributed by atoms with Crippen molar-refractivity contribution < 1.29 is 19.4 Å². The Hall–Kier alpha value is -1.14. The molecule has 0 bridgehead atoms. The molecule has 108 valence electrons. The first kappa shape index (κ1) is 14.3. The minimum absolute atomic E-state index is 0.0776. The van der Waals surface area contributed by atoms with Crippen molar-refractivity contribution in [1.82, 2.24) is 4.90 Å². The van der Waals surface area contributed by atoms with Gasteiger partial charge in [-0.2, -0.15) is 0 Å². The van der Waals surface area contributed by atoms with Crippen LogP contribution in [0.5, 0.6) is 0 Å². The van der Waals surface area contributed by atoms with Crippen LogP contribution < -0.4 is 5.73 Å². The minimum atomic E-state index is -0.912. The van der Waals surface area contributed by atoms with E-state index in [2.05, 4.69) is 0 Å². The SMILES string of the molecule is CN(C(=O)CC1(N)CCCC1)C1COCC1C(=O)O. The Bertz CT molecular complexity index is 366. The molecule has 0 aromatic carbocycles. The molecule has 2 atom stereocenters. The number of hydrogen-bond donors (Lipinski definition) is 2. The van der Waals surface area contributed by atoms with Crippen LogP contribution in [0.2, 0.25) is 0 Å². The summed E-state index contributed by atoms with van der Waals surface area (Å²) in [5.41, 5.74) is 5.80. The Labute approximate surface area is 112 Å². The fraction of sp³-hybridized carbons (Fsp3) is 0.846. The maximum Gasteiger partial charge on any atom is 0.311 e. The Balaban J connectivity index is 1.96. The second kappa shape index (κ2) is 5.46. The summed E-state index contributed by atoms with van der Waals surface area (Å²) >= 11 is 0. The predicted octanol–water partition coefficient (Wildman–Crippen LogP) is 0.206. The van der Waals surface area contributed by atoms with E-state index >= 15 is 0 Å². The summed E-state index contributed by atoms with van der Waals surface area (Å²) < 4.78 is 5.19. The summed E-state index contributed by atoms with van der Waals surface area (Å²) in [6.07, 6.45) is 4.17. The summed E-state index contributed by atoms with van der Waals surface area (Å²) in [6, 6.07) is -0.380. The van der Waals surface area contributed by atoms with E-state index in [0.29, 0.717) is 6.42 Å². The van der Waals surface area contributed by atoms with Gasteiger partial charge in [0.2, 0.25) is 5.91 Å². The highest BCUT2D eigenvalue weighted by atomic mass is 16.5. The number of likely N-dealkylation sites (N-methyl/N-ethyl adjacent to an activating group) is 1. The second-order valence-electron chi connectivity index (χ2n) is 5.80. The number of ether oxygens (including phenoxy) is 1. The average Bonchev–Trinajstić information content (AvgIpc) is 2.96. The standard InChI is InChI=1S/C13H22N2O4/c1-15(10-8-19-7-9(10)12(17)18)11(16)6-13(14)4-2-3-5-13/h9-10H,2-8,14H2,1H3,(H,17,18). The van der Waals surface area contributed by atoms with Crippen LogP contribution in [0.15, 0.2) is 0 Å². The molecule has 1 aliphatic carbocycles. The van der Waals surface area contributed by atoms with Crippen molar-refractivity contribution in [1.29, 1.82) is 0 Å². The van der Waals surface area contributed by atoms with E-state index in [1.165, 1.54) is 4.90 Å². The van der Waals surface area contributed by atoms with Crippen LogP contribution in [0.3, 0.4) is 0 Å². The van der Waals surface area contributed by atoms with E-state index in [4.69, 9.17) is 15.6 Å². The molecule has 1 heterocycles. The molecule has 2 fully saturated rings. The monoisotopic (exact) mass is 270 g/mol. The Kier molecular flexibility index (Phi) is 4.10. The summed E-state index contributed by atoms with van der Waals surface area (Å²) in [4.78, 5) is 24.9. The van der Waals surface area contributed by atoms with Crippen LogP contribution in [0, 0.1) is 5.92 Å². The number of amides is 1. The van der Waals surface area contributed by atoms with Crippen molar-refractivity contribution in [3.63, 3.8) is 0 Å². The van der Waals surface area contributed by atoms with Crippen LogP contribution in [0.25, 0.3) is 0 Å². The van der Waals surface area contributed by atoms with Gasteiger partial charge < -0.3 is 20.5 Å². The molecule has 6 nitrogen and oxygen atoms in total. The van der Waals surface area contributed by atoms with Crippen LogP contribution >= 0.6 is 0 Å². The number of nitrogens with two attached hydrogens (primary N) is 1. The number of carbonyl (C=O) groups is 2. The highest BCUT2D eigenvalue weighted by Crippen LogP contribution is 2.31. The van der Waals surface area contributed by atoms with E-state index in [0.717, 1.165) is 25.7 Å². The number of rotatable bonds is 4. The molecule has 2 rings (SSSR count). The molecule has 3 N–H and O–H groups in total. The first-order valence-corrected chi connectivity index (χ1v) is 6.78. The summed E-state index contributed by atoms with van der Waals surface area (Å²) in [5.74, 6) is -1.62. The van der Waals surface area contributed by atoms with Gasteiger partial charge in [-0.15, -0.1) is 0 Å². The Morgan fingerprint density at radius 3 is 2.58 bits per heavy atom. The first-order chi connectivity index (χ1) is 8.93. The molecule has 0 aromatic heterocycles. The molecule has 1 aliphatic heterocycles. The highest BCUT2D eigenvalue weighted by molar-refractivity contribution is 5.79. The third-order valence-electron chi connectivity index (χ3n) is 4.36. The van der Waals surface area contributed by atoms with Crippen molar-refractivity contribution in [3.8, 4) is 0 Å². The van der Waals surface area contributed by atoms with E-state index < -0.39 is 17.4 Å². The van der Waals surface area contributed by atoms with Gasteiger partial charge in [0.05, 0.1) is 19.3 Å². The normalized spacial score (nSPS) is 29.4. The third kappa shape index (κ3) is 3.06. The molecule has 0 aromatic rings. The zero-order chi connectivity index (χ0) is 14.0. The number of carboxylic acids is 1. The van der Waals surface area contributed by atoms with Gasteiger partial charge in [0.15, 0.2) is 0 Å². The zero-order valence-corrected chi connectivity index (χ0v) is 11.3. The molecule has 19 heavy (non-hydrogen) atoms. The number of carboxylic acid groups (broad SMARTS) is 1. The zero-order valence-electron chi connectivity index (χ0n) is 11.3. The molecular weight excluding hydrogens is 248 g/mol. The van der Waals surface area contributed by atoms with Crippen molar-refractivity contribution in [3.05, 3.63) is 0 Å². The topological polar surface area (TPSA) is 92.9 Å². The number of nitrogens with zero attached hydrogens (tertiary/aromatic N) is 1. The molecule has 1 saturated heterocycles. The predicted molar refractivity (Wildman–Crippen MR) is 68.5 cm³/mol. The lowest BCUT2D eigenvalue weighted by Gasteiger charge is -2.30. The fourth-order valence-corrected chi connectivity index (χ4v) is 3.03. The van der Waals surface area contributed by atoms with Gasteiger partial charge in [0.25, 0.3) is 0 Å². The second-order valence-corrected chi connectivity index (χ2v) is 5.80. The first-order valence-electron chi connectivity index (χ1n) is 6.78. The fourth-order valence-electron chi connectivity index (χ4n) is 3.03. The van der Waals surface area contributed by atoms with Crippen LogP contribution in [-0.4, -0.2) is 53.7 Å². The summed E-state index contributed by atoms with van der Waals surface area (Å²) in [7, 11) is 1.65. The molecule has 2 unspecified atom stereocenters. The largest absolute Gasteiger partial charge is 0.481 e. The molecule has 1 saturated carbocycles. The van der Waals surface area contributed by atoms with Crippen molar-refractivity contribution in [2.24, 2.45) is 11.7 Å². The third-order valence-corrected chi connectivity index (χ3v) is 4.36. The van der Waals surface area contributed by atoms with Gasteiger partial charge in [0.1, 0.15) is 5.92 Å². The van der Waals surface area contributed by atoms with Gasteiger partial charge >= 0.3 is 5.97 Å². The lowest BCUT2D eigenvalue weighted by molar-refractivity contribution is -0.144. The van der Waals surface area contributed by atoms with Crippen molar-refractivity contribution in [2.75, 3.05) is 20.3 Å². The number of carbonyl (C=O) groups excluding carboxylic acids is 1. The quantitative estimate of drug-likeness (QED) is 0.761. The summed E-state index contributed by atoms with van der Waals surface area (Å²) in [5, 5.41) is 9.11. The van der Waals surface area contributed by atoms with E-state index in [1.54, 1.807) is 7.05 Å². The van der Waals surface area contributed by atoms with Gasteiger partial charge in [-0.05, 0) is 12.8 Å². The average molecular weight is 270 g/mol. The molecule has 6 heteroatoms. The molecule has 1 amide bonds. The van der Waals surface area contributed by atoms with Gasteiger partial charge in [0, 0.05) is 19.0 Å². The lowest BCUT2D eigenvalue weighted by Crippen LogP contribution is -2.48. The van der Waals surface area contributed by atoms with Gasteiger partial charge in [-0.1, -0.05) is 12.8 Å². The summed E-state index contributed by atoms with van der Waals surface area (Å²) in [6.45, 7) is 0.460. The van der Waals surface area contributed by atoms with Crippen LogP contribution in [0.1, 0.15) is 32.1 Å². The maximum absolute atomic E-state index is 12.3. The van der Waals surface area contributed by atoms with E-state index in [1.807, 2.05) is 0 Å². The highest BCUT2D eigenvalue weighted by Gasteiger charge is 2.40. The Morgan fingerprint density at radius 1 is 1.37 bits per heavy atom. The lowest BCUT2D eigenvalue weighted by atomic mass is 9.93. The molecular formula is C13H22N2O4. The minimum Gasteiger partial charge on any atom is -0.481 e.